The van der Waals surface area contributed by atoms with Gasteiger partial charge >= 0.3 is 12.4 Å². The first-order valence-corrected chi connectivity index (χ1v) is 20.2. The third kappa shape index (κ3) is 6.82. The number of benzene rings is 8. The van der Waals surface area contributed by atoms with Gasteiger partial charge in [-0.1, -0.05) is 72.8 Å². The molecule has 0 aliphatic rings. The number of aromatic nitrogens is 2. The van der Waals surface area contributed by atoms with Crippen LogP contribution >= 0.6 is 0 Å². The van der Waals surface area contributed by atoms with Crippen molar-refractivity contribution in [2.24, 2.45) is 0 Å². The molecule has 0 saturated heterocycles. The normalized spacial score (nSPS) is 11.7. The maximum atomic E-state index is 16.1. The van der Waals surface area contributed by atoms with Crippen molar-refractivity contribution in [2.45, 2.75) is 12.4 Å². The van der Waals surface area contributed by atoms with Crippen molar-refractivity contribution in [3.8, 4) is 69.0 Å². The van der Waals surface area contributed by atoms with E-state index in [1.807, 2.05) is 18.2 Å². The SMILES string of the molecule is N#Cc1cc(C#N)cc(-c2ccc3c4ccccc4n(-c4cc(C(F)(F)F)c(-n5c6ccccc6c6ccc(-c7cc(C#N)cc(C#N)c7)cc65)cc4-c4cccc(C(F)(F)F)c4)c3c2)c1. The monoisotopic (exact) mass is 872 g/mol. The zero-order valence-corrected chi connectivity index (χ0v) is 34.0. The number of para-hydroxylation sites is 2. The van der Waals surface area contributed by atoms with Gasteiger partial charge in [-0.2, -0.15) is 47.4 Å². The largest absolute Gasteiger partial charge is 0.418 e. The smallest absolute Gasteiger partial charge is 0.309 e. The molecule has 2 heterocycles. The summed E-state index contributed by atoms with van der Waals surface area (Å²) in [4.78, 5) is 0. The highest BCUT2D eigenvalue weighted by molar-refractivity contribution is 6.12. The summed E-state index contributed by atoms with van der Waals surface area (Å²) >= 11 is 0. The van der Waals surface area contributed by atoms with Crippen LogP contribution < -0.4 is 0 Å². The maximum Gasteiger partial charge on any atom is 0.418 e. The lowest BCUT2D eigenvalue weighted by Gasteiger charge is -2.22. The van der Waals surface area contributed by atoms with E-state index in [1.54, 1.807) is 108 Å². The Labute approximate surface area is 371 Å². The lowest BCUT2D eigenvalue weighted by molar-refractivity contribution is -0.138. The van der Waals surface area contributed by atoms with Crippen LogP contribution in [0.25, 0.3) is 88.4 Å². The zero-order chi connectivity index (χ0) is 46.1. The van der Waals surface area contributed by atoms with Crippen molar-refractivity contribution in [2.75, 3.05) is 0 Å². The van der Waals surface area contributed by atoms with Crippen LogP contribution in [0.5, 0.6) is 0 Å². The maximum absolute atomic E-state index is 16.1. The van der Waals surface area contributed by atoms with Gasteiger partial charge in [0.25, 0.3) is 0 Å². The molecule has 10 aromatic rings. The molecule has 0 unspecified atom stereocenters. The summed E-state index contributed by atoms with van der Waals surface area (Å²) in [5.41, 5.74) is 2.07. The van der Waals surface area contributed by atoms with Gasteiger partial charge in [-0.05, 0) is 113 Å². The molecule has 0 atom stereocenters. The summed E-state index contributed by atoms with van der Waals surface area (Å²) in [6.07, 6.45) is -9.81. The minimum absolute atomic E-state index is 0.00363. The minimum atomic E-state index is -5.02. The highest BCUT2D eigenvalue weighted by Crippen LogP contribution is 2.46. The fourth-order valence-corrected chi connectivity index (χ4v) is 8.93. The number of nitriles is 4. The second kappa shape index (κ2) is 15.3. The molecule has 314 valence electrons. The fourth-order valence-electron chi connectivity index (χ4n) is 8.93. The van der Waals surface area contributed by atoms with Crippen LogP contribution in [-0.2, 0) is 12.4 Å². The van der Waals surface area contributed by atoms with Gasteiger partial charge in [0.05, 0.1) is 91.1 Å². The molecule has 0 spiro atoms. The van der Waals surface area contributed by atoms with Crippen molar-refractivity contribution in [1.29, 1.82) is 21.0 Å². The Morgan fingerprint density at radius 2 is 0.803 bits per heavy atom. The van der Waals surface area contributed by atoms with Crippen molar-refractivity contribution in [3.63, 3.8) is 0 Å². The first kappa shape index (κ1) is 40.9. The molecule has 0 bridgehead atoms. The van der Waals surface area contributed by atoms with E-state index in [0.717, 1.165) is 18.2 Å². The van der Waals surface area contributed by atoms with Crippen LogP contribution in [-0.4, -0.2) is 9.13 Å². The van der Waals surface area contributed by atoms with E-state index in [1.165, 1.54) is 34.9 Å². The summed E-state index contributed by atoms with van der Waals surface area (Å²) in [7, 11) is 0. The first-order valence-electron chi connectivity index (χ1n) is 20.2. The molecule has 0 saturated carbocycles. The molecule has 2 aromatic heterocycles. The van der Waals surface area contributed by atoms with E-state index in [0.29, 0.717) is 65.9 Å². The molecule has 6 nitrogen and oxygen atoms in total. The number of halogens is 6. The molecular weight excluding hydrogens is 847 g/mol. The van der Waals surface area contributed by atoms with Gasteiger partial charge in [-0.3, -0.25) is 0 Å². The number of alkyl halides is 6. The Morgan fingerprint density at radius 3 is 1.26 bits per heavy atom. The average molecular weight is 873 g/mol. The van der Waals surface area contributed by atoms with Crippen LogP contribution in [0.15, 0.2) is 158 Å². The lowest BCUT2D eigenvalue weighted by atomic mass is 9.96. The number of hydrogen-bond acceptors (Lipinski definition) is 4. The van der Waals surface area contributed by atoms with E-state index < -0.39 is 23.5 Å². The van der Waals surface area contributed by atoms with Gasteiger partial charge in [-0.25, -0.2) is 0 Å². The fraction of sp³-hybridized carbons (Fsp3) is 0.0370. The standard InChI is InChI=1S/C54H26F6N6/c55-53(56,57)40-7-5-6-37(22-40)45-25-52(66-48-11-4-2-9-42(48)44-15-13-36(24-50(44)66)39-20-33(29-63)17-34(21-39)30-64)46(54(58,59)60)26-51(45)65-47-10-3-1-8-41(47)43-14-12-35(23-49(43)65)38-18-31(27-61)16-32(19-38)28-62/h1-26H. The van der Waals surface area contributed by atoms with Gasteiger partial charge in [0.1, 0.15) is 0 Å². The van der Waals surface area contributed by atoms with Crippen LogP contribution in [0.1, 0.15) is 33.4 Å². The Morgan fingerprint density at radius 1 is 0.348 bits per heavy atom. The molecule has 66 heavy (non-hydrogen) atoms. The second-order valence-electron chi connectivity index (χ2n) is 15.7. The zero-order valence-electron chi connectivity index (χ0n) is 34.0. The molecule has 0 aliphatic carbocycles. The molecule has 0 fully saturated rings. The number of fused-ring (bicyclic) bond motifs is 6. The topological polar surface area (TPSA) is 105 Å². The predicted molar refractivity (Wildman–Crippen MR) is 240 cm³/mol. The van der Waals surface area contributed by atoms with Gasteiger partial charge < -0.3 is 9.13 Å². The Hall–Kier alpha value is -9.10. The summed E-state index contributed by atoms with van der Waals surface area (Å²) in [6.45, 7) is 0. The van der Waals surface area contributed by atoms with Crippen molar-refractivity contribution >= 4 is 43.6 Å². The van der Waals surface area contributed by atoms with Crippen molar-refractivity contribution in [3.05, 3.63) is 191 Å². The van der Waals surface area contributed by atoms with E-state index in [9.17, 15) is 34.2 Å². The molecule has 10 rings (SSSR count). The van der Waals surface area contributed by atoms with Crippen LogP contribution in [0.3, 0.4) is 0 Å². The first-order chi connectivity index (χ1) is 31.8. The second-order valence-corrected chi connectivity index (χ2v) is 15.7. The third-order valence-corrected chi connectivity index (χ3v) is 11.8. The number of hydrogen-bond donors (Lipinski definition) is 0. The molecule has 8 aromatic carbocycles. The molecule has 0 radical (unpaired) electrons. The number of rotatable bonds is 5. The number of nitrogens with zero attached hydrogens (tertiary/aromatic N) is 6. The third-order valence-electron chi connectivity index (χ3n) is 11.8. The van der Waals surface area contributed by atoms with Gasteiger partial charge in [-0.15, -0.1) is 0 Å². The average Bonchev–Trinajstić information content (AvgIpc) is 3.84. The Kier molecular flexibility index (Phi) is 9.50. The van der Waals surface area contributed by atoms with E-state index in [-0.39, 0.29) is 44.8 Å². The quantitative estimate of drug-likeness (QED) is 0.161. The van der Waals surface area contributed by atoms with E-state index in [2.05, 4.69) is 12.1 Å². The van der Waals surface area contributed by atoms with Crippen molar-refractivity contribution in [1.82, 2.24) is 9.13 Å². The minimum Gasteiger partial charge on any atom is -0.309 e. The highest BCUT2D eigenvalue weighted by atomic mass is 19.4. The lowest BCUT2D eigenvalue weighted by Crippen LogP contribution is -2.13. The van der Waals surface area contributed by atoms with Crippen molar-refractivity contribution < 1.29 is 26.3 Å². The Balaban J connectivity index is 1.34. The van der Waals surface area contributed by atoms with Crippen LogP contribution in [0, 0.1) is 45.3 Å². The molecule has 12 heteroatoms. The van der Waals surface area contributed by atoms with Gasteiger partial charge in [0, 0.05) is 27.1 Å². The molecular formula is C54H26F6N6. The summed E-state index contributed by atoms with van der Waals surface area (Å²) in [5, 5.41) is 41.5. The Bertz CT molecular complexity index is 3800. The van der Waals surface area contributed by atoms with E-state index >= 15 is 13.2 Å². The van der Waals surface area contributed by atoms with E-state index in [4.69, 9.17) is 0 Å². The van der Waals surface area contributed by atoms with Crippen LogP contribution in [0.4, 0.5) is 26.3 Å². The molecule has 0 aliphatic heterocycles. The molecule has 0 N–H and O–H groups in total. The summed E-state index contributed by atoms with van der Waals surface area (Å²) in [6, 6.07) is 48.6. The van der Waals surface area contributed by atoms with Crippen LogP contribution in [0.2, 0.25) is 0 Å². The van der Waals surface area contributed by atoms with Gasteiger partial charge in [0.15, 0.2) is 0 Å². The highest BCUT2D eigenvalue weighted by Gasteiger charge is 2.37. The summed E-state index contributed by atoms with van der Waals surface area (Å²) in [5.74, 6) is 0. The summed E-state index contributed by atoms with van der Waals surface area (Å²) < 4.78 is 94.9. The van der Waals surface area contributed by atoms with Gasteiger partial charge in [0.2, 0.25) is 0 Å². The molecule has 0 amide bonds. The predicted octanol–water partition coefficient (Wildman–Crippen LogP) is 14.4.